The van der Waals surface area contributed by atoms with Crippen LogP contribution in [0.4, 0.5) is 11.4 Å². The summed E-state index contributed by atoms with van der Waals surface area (Å²) >= 11 is 0. The molecule has 0 saturated carbocycles. The predicted octanol–water partition coefficient (Wildman–Crippen LogP) is 4.19. The van der Waals surface area contributed by atoms with Crippen LogP contribution in [0.2, 0.25) is 0 Å². The molecule has 2 aromatic rings. The summed E-state index contributed by atoms with van der Waals surface area (Å²) in [6.45, 7) is 5.81. The topological polar surface area (TPSA) is 64.9 Å². The summed E-state index contributed by atoms with van der Waals surface area (Å²) in [4.78, 5) is 12.3. The van der Waals surface area contributed by atoms with Crippen LogP contribution in [0.25, 0.3) is 0 Å². The van der Waals surface area contributed by atoms with Crippen LogP contribution in [0.5, 0.6) is 0 Å². The highest BCUT2D eigenvalue weighted by molar-refractivity contribution is 6.02. The van der Waals surface area contributed by atoms with Crippen molar-refractivity contribution in [3.05, 3.63) is 70.9 Å². The van der Waals surface area contributed by atoms with E-state index in [9.17, 15) is 10.1 Å². The molecule has 0 aliphatic rings. The van der Waals surface area contributed by atoms with Crippen molar-refractivity contribution in [3.8, 4) is 6.07 Å². The average Bonchev–Trinajstić information content (AvgIpc) is 2.53. The van der Waals surface area contributed by atoms with Gasteiger partial charge in [0.15, 0.2) is 5.78 Å². The monoisotopic (exact) mass is 319 g/mol. The lowest BCUT2D eigenvalue weighted by atomic mass is 10.1. The van der Waals surface area contributed by atoms with Crippen LogP contribution >= 0.6 is 0 Å². The zero-order valence-corrected chi connectivity index (χ0v) is 14.2. The number of Topliss-reactive ketones (excluding diaryl/α,β-unsaturated/α-hetero) is 1. The maximum atomic E-state index is 12.3. The number of rotatable bonds is 6. The molecule has 0 fully saturated rings. The molecule has 0 spiro atoms. The van der Waals surface area contributed by atoms with E-state index in [-0.39, 0.29) is 17.9 Å². The third-order valence-electron chi connectivity index (χ3n) is 3.59. The van der Waals surface area contributed by atoms with Crippen LogP contribution in [0.3, 0.4) is 0 Å². The predicted molar refractivity (Wildman–Crippen MR) is 97.8 cm³/mol. The first-order valence-electron chi connectivity index (χ1n) is 7.78. The van der Waals surface area contributed by atoms with E-state index in [2.05, 4.69) is 10.6 Å². The maximum absolute atomic E-state index is 12.3. The van der Waals surface area contributed by atoms with Gasteiger partial charge in [-0.2, -0.15) is 5.26 Å². The van der Waals surface area contributed by atoms with Crippen LogP contribution in [-0.2, 0) is 4.79 Å². The first kappa shape index (κ1) is 17.3. The minimum absolute atomic E-state index is 0.0825. The molecule has 0 atom stereocenters. The number of benzene rings is 2. The van der Waals surface area contributed by atoms with Gasteiger partial charge < -0.3 is 10.6 Å². The number of ketones is 1. The van der Waals surface area contributed by atoms with E-state index in [1.165, 1.54) is 0 Å². The third-order valence-corrected chi connectivity index (χ3v) is 3.59. The van der Waals surface area contributed by atoms with Crippen LogP contribution in [0, 0.1) is 25.2 Å². The molecule has 2 N–H and O–H groups in total. The molecule has 0 heterocycles. The fourth-order valence-electron chi connectivity index (χ4n) is 2.38. The number of hydrogen-bond acceptors (Lipinski definition) is 4. The third kappa shape index (κ3) is 4.72. The molecule has 24 heavy (non-hydrogen) atoms. The fourth-order valence-corrected chi connectivity index (χ4v) is 2.38. The second kappa shape index (κ2) is 7.98. The van der Waals surface area contributed by atoms with Crippen LogP contribution < -0.4 is 10.6 Å². The lowest BCUT2D eigenvalue weighted by molar-refractivity contribution is -0.113. The Morgan fingerprint density at radius 2 is 1.62 bits per heavy atom. The SMILES string of the molecule is CC(Nc1cccc(C)c1)=C(C#N)C(=O)CNc1cccc(C)c1. The molecule has 0 aliphatic carbocycles. The van der Waals surface area contributed by atoms with Gasteiger partial charge in [0.2, 0.25) is 0 Å². The lowest BCUT2D eigenvalue weighted by Gasteiger charge is -2.11. The number of nitriles is 1. The summed E-state index contributed by atoms with van der Waals surface area (Å²) in [5.74, 6) is -0.239. The van der Waals surface area contributed by atoms with E-state index in [0.29, 0.717) is 5.70 Å². The van der Waals surface area contributed by atoms with Gasteiger partial charge in [0.25, 0.3) is 0 Å². The first-order chi connectivity index (χ1) is 11.5. The second-order valence-electron chi connectivity index (χ2n) is 5.75. The highest BCUT2D eigenvalue weighted by Gasteiger charge is 2.13. The Hall–Kier alpha value is -3.06. The van der Waals surface area contributed by atoms with E-state index in [0.717, 1.165) is 22.5 Å². The second-order valence-corrected chi connectivity index (χ2v) is 5.75. The minimum atomic E-state index is -0.239. The number of aryl methyl sites for hydroxylation is 2. The highest BCUT2D eigenvalue weighted by Crippen LogP contribution is 2.15. The Bertz CT molecular complexity index is 816. The van der Waals surface area contributed by atoms with Crippen molar-refractivity contribution in [2.24, 2.45) is 0 Å². The number of nitrogens with one attached hydrogen (secondary N) is 2. The van der Waals surface area contributed by atoms with Crippen molar-refractivity contribution in [3.63, 3.8) is 0 Å². The number of carbonyl (C=O) groups is 1. The zero-order chi connectivity index (χ0) is 17.5. The highest BCUT2D eigenvalue weighted by atomic mass is 16.1. The molecule has 0 radical (unpaired) electrons. The summed E-state index contributed by atoms with van der Waals surface area (Å²) in [7, 11) is 0. The summed E-state index contributed by atoms with van der Waals surface area (Å²) in [5.41, 5.74) is 4.64. The van der Waals surface area contributed by atoms with E-state index >= 15 is 0 Å². The van der Waals surface area contributed by atoms with E-state index in [1.807, 2.05) is 68.4 Å². The number of allylic oxidation sites excluding steroid dienone is 1. The van der Waals surface area contributed by atoms with Gasteiger partial charge in [0.1, 0.15) is 11.6 Å². The first-order valence-corrected chi connectivity index (χ1v) is 7.78. The normalized spacial score (nSPS) is 11.2. The number of anilines is 2. The van der Waals surface area contributed by atoms with Gasteiger partial charge >= 0.3 is 0 Å². The fraction of sp³-hybridized carbons (Fsp3) is 0.200. The largest absolute Gasteiger partial charge is 0.378 e. The van der Waals surface area contributed by atoms with Gasteiger partial charge in [-0.3, -0.25) is 4.79 Å². The summed E-state index contributed by atoms with van der Waals surface area (Å²) < 4.78 is 0. The Kier molecular flexibility index (Phi) is 5.75. The molecular formula is C20H21N3O. The summed E-state index contributed by atoms with van der Waals surface area (Å²) in [5, 5.41) is 15.5. The molecule has 0 bridgehead atoms. The quantitative estimate of drug-likeness (QED) is 0.619. The molecule has 0 aliphatic heterocycles. The zero-order valence-electron chi connectivity index (χ0n) is 14.2. The molecule has 0 aromatic heterocycles. The molecule has 4 nitrogen and oxygen atoms in total. The summed E-state index contributed by atoms with van der Waals surface area (Å²) in [6.07, 6.45) is 0. The van der Waals surface area contributed by atoms with Crippen LogP contribution in [-0.4, -0.2) is 12.3 Å². The summed E-state index contributed by atoms with van der Waals surface area (Å²) in [6, 6.07) is 17.6. The number of nitrogens with zero attached hydrogens (tertiary/aromatic N) is 1. The van der Waals surface area contributed by atoms with Crippen molar-refractivity contribution in [1.29, 1.82) is 5.26 Å². The van der Waals surface area contributed by atoms with Gasteiger partial charge in [-0.05, 0) is 56.2 Å². The Balaban J connectivity index is 2.08. The molecule has 0 amide bonds. The number of hydrogen-bond donors (Lipinski definition) is 2. The van der Waals surface area contributed by atoms with E-state index in [1.54, 1.807) is 6.92 Å². The van der Waals surface area contributed by atoms with Gasteiger partial charge in [-0.15, -0.1) is 0 Å². The van der Waals surface area contributed by atoms with E-state index < -0.39 is 0 Å². The smallest absolute Gasteiger partial charge is 0.194 e. The molecule has 122 valence electrons. The average molecular weight is 319 g/mol. The molecule has 2 aromatic carbocycles. The lowest BCUT2D eigenvalue weighted by Crippen LogP contribution is -2.18. The van der Waals surface area contributed by atoms with Crippen molar-refractivity contribution in [2.75, 3.05) is 17.2 Å². The molecule has 0 unspecified atom stereocenters. The van der Waals surface area contributed by atoms with Gasteiger partial charge in [0, 0.05) is 17.1 Å². The van der Waals surface area contributed by atoms with E-state index in [4.69, 9.17) is 0 Å². The van der Waals surface area contributed by atoms with Crippen molar-refractivity contribution in [1.82, 2.24) is 0 Å². The molecule has 4 heteroatoms. The van der Waals surface area contributed by atoms with Crippen LogP contribution in [0.1, 0.15) is 18.1 Å². The minimum Gasteiger partial charge on any atom is -0.378 e. The van der Waals surface area contributed by atoms with Crippen molar-refractivity contribution >= 4 is 17.2 Å². The Morgan fingerprint density at radius 1 is 1.04 bits per heavy atom. The Labute approximate surface area is 142 Å². The van der Waals surface area contributed by atoms with Crippen LogP contribution in [0.15, 0.2) is 59.8 Å². The molecule has 0 saturated heterocycles. The maximum Gasteiger partial charge on any atom is 0.194 e. The van der Waals surface area contributed by atoms with Gasteiger partial charge in [-0.1, -0.05) is 24.3 Å². The van der Waals surface area contributed by atoms with Crippen molar-refractivity contribution < 1.29 is 4.79 Å². The molecular weight excluding hydrogens is 298 g/mol. The van der Waals surface area contributed by atoms with Gasteiger partial charge in [-0.25, -0.2) is 0 Å². The van der Waals surface area contributed by atoms with Crippen molar-refractivity contribution in [2.45, 2.75) is 20.8 Å². The number of carbonyl (C=O) groups excluding carboxylic acids is 1. The molecule has 2 rings (SSSR count). The standard InChI is InChI=1S/C20H21N3O/c1-14-6-4-8-17(10-14)22-13-20(24)19(12-21)16(3)23-18-9-5-7-15(2)11-18/h4-11,22-23H,13H2,1-3H3. The van der Waals surface area contributed by atoms with Gasteiger partial charge in [0.05, 0.1) is 6.54 Å². The Morgan fingerprint density at radius 3 is 2.21 bits per heavy atom.